The maximum absolute atomic E-state index is 12.6. The minimum absolute atomic E-state index is 0.0639. The zero-order chi connectivity index (χ0) is 20.2. The number of likely N-dealkylation sites (N-methyl/N-ethyl adjacent to an activating group) is 1. The summed E-state index contributed by atoms with van der Waals surface area (Å²) in [5.41, 5.74) is 0.230. The van der Waals surface area contributed by atoms with Crippen molar-refractivity contribution >= 4 is 39.1 Å². The third-order valence-corrected chi connectivity index (χ3v) is 6.34. The average molecular weight is 431 g/mol. The first kappa shape index (κ1) is 21.5. The van der Waals surface area contributed by atoms with Crippen molar-refractivity contribution < 1.29 is 17.9 Å². The SMILES string of the molecule is CN(CCOc1ccc(Cl)cc1)C(=O)c1ccc(Cl)c(S(=O)(=O)N(C)C)c1. The van der Waals surface area contributed by atoms with Crippen molar-refractivity contribution in [2.24, 2.45) is 0 Å². The van der Waals surface area contributed by atoms with E-state index in [1.54, 1.807) is 31.3 Å². The molecule has 0 spiro atoms. The van der Waals surface area contributed by atoms with E-state index in [2.05, 4.69) is 0 Å². The Hall–Kier alpha value is -1.80. The van der Waals surface area contributed by atoms with E-state index in [-0.39, 0.29) is 28.0 Å². The minimum atomic E-state index is -3.75. The predicted octanol–water partition coefficient (Wildman–Crippen LogP) is 3.39. The maximum Gasteiger partial charge on any atom is 0.253 e. The number of hydrogen-bond donors (Lipinski definition) is 0. The second-order valence-electron chi connectivity index (χ2n) is 5.96. The molecule has 0 fully saturated rings. The summed E-state index contributed by atoms with van der Waals surface area (Å²) >= 11 is 11.8. The lowest BCUT2D eigenvalue weighted by molar-refractivity contribution is 0.0773. The molecule has 0 aliphatic carbocycles. The van der Waals surface area contributed by atoms with E-state index >= 15 is 0 Å². The number of ether oxygens (including phenoxy) is 1. The molecular weight excluding hydrogens is 411 g/mol. The van der Waals surface area contributed by atoms with E-state index in [1.165, 1.54) is 37.2 Å². The molecule has 1 amide bonds. The number of hydrogen-bond acceptors (Lipinski definition) is 4. The Balaban J connectivity index is 2.07. The first-order chi connectivity index (χ1) is 12.6. The Bertz CT molecular complexity index is 915. The first-order valence-electron chi connectivity index (χ1n) is 7.99. The standard InChI is InChI=1S/C18H20Cl2N2O4S/c1-21(2)27(24,25)17-12-13(4-9-16(17)20)18(23)22(3)10-11-26-15-7-5-14(19)6-8-15/h4-9,12H,10-11H2,1-3H3. The van der Waals surface area contributed by atoms with Crippen LogP contribution in [0.4, 0.5) is 0 Å². The van der Waals surface area contributed by atoms with Gasteiger partial charge in [-0.1, -0.05) is 23.2 Å². The van der Waals surface area contributed by atoms with E-state index in [0.717, 1.165) is 4.31 Å². The quantitative estimate of drug-likeness (QED) is 0.674. The minimum Gasteiger partial charge on any atom is -0.492 e. The van der Waals surface area contributed by atoms with Gasteiger partial charge in [-0.05, 0) is 42.5 Å². The first-order valence-corrected chi connectivity index (χ1v) is 10.2. The van der Waals surface area contributed by atoms with E-state index in [0.29, 0.717) is 17.3 Å². The lowest BCUT2D eigenvalue weighted by atomic mass is 10.2. The molecule has 27 heavy (non-hydrogen) atoms. The number of halogens is 2. The van der Waals surface area contributed by atoms with Gasteiger partial charge in [0.2, 0.25) is 10.0 Å². The van der Waals surface area contributed by atoms with Crippen LogP contribution in [0.5, 0.6) is 5.75 Å². The van der Waals surface area contributed by atoms with Crippen LogP contribution in [-0.2, 0) is 10.0 Å². The van der Waals surface area contributed by atoms with Crippen LogP contribution in [0.25, 0.3) is 0 Å². The van der Waals surface area contributed by atoms with Gasteiger partial charge in [-0.15, -0.1) is 0 Å². The Kier molecular flexibility index (Phi) is 7.11. The number of carbonyl (C=O) groups excluding carboxylic acids is 1. The van der Waals surface area contributed by atoms with Crippen molar-refractivity contribution in [3.63, 3.8) is 0 Å². The highest BCUT2D eigenvalue weighted by Gasteiger charge is 2.23. The van der Waals surface area contributed by atoms with Gasteiger partial charge in [-0.2, -0.15) is 0 Å². The zero-order valence-corrected chi connectivity index (χ0v) is 17.5. The van der Waals surface area contributed by atoms with Crippen LogP contribution in [-0.4, -0.2) is 57.8 Å². The van der Waals surface area contributed by atoms with Crippen LogP contribution in [0.2, 0.25) is 10.0 Å². The van der Waals surface area contributed by atoms with Crippen molar-refractivity contribution in [3.05, 3.63) is 58.1 Å². The van der Waals surface area contributed by atoms with Crippen LogP contribution >= 0.6 is 23.2 Å². The van der Waals surface area contributed by atoms with Crippen LogP contribution in [0, 0.1) is 0 Å². The van der Waals surface area contributed by atoms with Gasteiger partial charge < -0.3 is 9.64 Å². The fourth-order valence-electron chi connectivity index (χ4n) is 2.18. The lowest BCUT2D eigenvalue weighted by Gasteiger charge is -2.19. The second kappa shape index (κ2) is 8.93. The molecule has 0 aliphatic rings. The average Bonchev–Trinajstić information content (AvgIpc) is 2.62. The molecule has 0 unspecified atom stereocenters. The number of carbonyl (C=O) groups is 1. The second-order valence-corrected chi connectivity index (χ2v) is 8.93. The largest absolute Gasteiger partial charge is 0.492 e. The van der Waals surface area contributed by atoms with Gasteiger partial charge in [0.25, 0.3) is 5.91 Å². The fraction of sp³-hybridized carbons (Fsp3) is 0.278. The van der Waals surface area contributed by atoms with Gasteiger partial charge >= 0.3 is 0 Å². The fourth-order valence-corrected chi connectivity index (χ4v) is 3.70. The summed E-state index contributed by atoms with van der Waals surface area (Å²) < 4.78 is 31.3. The third-order valence-electron chi connectivity index (χ3n) is 3.79. The lowest BCUT2D eigenvalue weighted by Crippen LogP contribution is -2.31. The molecule has 0 heterocycles. The Labute approximate surface area is 169 Å². The normalized spacial score (nSPS) is 11.5. The number of nitrogens with zero attached hydrogens (tertiary/aromatic N) is 2. The summed E-state index contributed by atoms with van der Waals surface area (Å²) in [4.78, 5) is 13.9. The Morgan fingerprint density at radius 1 is 1.04 bits per heavy atom. The van der Waals surface area contributed by atoms with Crippen LogP contribution in [0.1, 0.15) is 10.4 Å². The summed E-state index contributed by atoms with van der Waals surface area (Å²) in [6.07, 6.45) is 0. The molecule has 0 saturated carbocycles. The number of benzene rings is 2. The van der Waals surface area contributed by atoms with Crippen molar-refractivity contribution in [3.8, 4) is 5.75 Å². The van der Waals surface area contributed by atoms with Crippen LogP contribution in [0.3, 0.4) is 0 Å². The van der Waals surface area contributed by atoms with Crippen LogP contribution in [0.15, 0.2) is 47.4 Å². The highest BCUT2D eigenvalue weighted by molar-refractivity contribution is 7.89. The van der Waals surface area contributed by atoms with Gasteiger partial charge in [0, 0.05) is 31.7 Å². The smallest absolute Gasteiger partial charge is 0.253 e. The molecule has 9 heteroatoms. The van der Waals surface area contributed by atoms with Gasteiger partial charge in [-0.25, -0.2) is 12.7 Å². The molecular formula is C18H20Cl2N2O4S. The Morgan fingerprint density at radius 3 is 2.26 bits per heavy atom. The van der Waals surface area contributed by atoms with E-state index in [1.807, 2.05) is 0 Å². The van der Waals surface area contributed by atoms with E-state index in [9.17, 15) is 13.2 Å². The predicted molar refractivity (Wildman–Crippen MR) is 106 cm³/mol. The van der Waals surface area contributed by atoms with Crippen molar-refractivity contribution in [2.45, 2.75) is 4.90 Å². The molecule has 2 aromatic carbocycles. The molecule has 0 atom stereocenters. The van der Waals surface area contributed by atoms with E-state index < -0.39 is 10.0 Å². The number of sulfonamides is 1. The highest BCUT2D eigenvalue weighted by atomic mass is 35.5. The molecule has 146 valence electrons. The summed E-state index contributed by atoms with van der Waals surface area (Å²) in [6.45, 7) is 0.597. The maximum atomic E-state index is 12.6. The zero-order valence-electron chi connectivity index (χ0n) is 15.1. The molecule has 2 rings (SSSR count). The van der Waals surface area contributed by atoms with Gasteiger partial charge in [0.15, 0.2) is 0 Å². The summed E-state index contributed by atoms with van der Waals surface area (Å²) in [5, 5.41) is 0.676. The Morgan fingerprint density at radius 2 is 1.67 bits per heavy atom. The highest BCUT2D eigenvalue weighted by Crippen LogP contribution is 2.25. The molecule has 0 saturated heterocycles. The van der Waals surface area contributed by atoms with E-state index in [4.69, 9.17) is 27.9 Å². The summed E-state index contributed by atoms with van der Waals surface area (Å²) in [5.74, 6) is 0.313. The summed E-state index contributed by atoms with van der Waals surface area (Å²) in [7, 11) is 0.669. The number of amides is 1. The van der Waals surface area contributed by atoms with Crippen molar-refractivity contribution in [2.75, 3.05) is 34.3 Å². The molecule has 0 aliphatic heterocycles. The molecule has 0 bridgehead atoms. The van der Waals surface area contributed by atoms with Gasteiger partial charge in [0.1, 0.15) is 17.3 Å². The summed E-state index contributed by atoms with van der Waals surface area (Å²) in [6, 6.07) is 11.1. The van der Waals surface area contributed by atoms with Crippen LogP contribution < -0.4 is 4.74 Å². The molecule has 0 N–H and O–H groups in total. The molecule has 2 aromatic rings. The van der Waals surface area contributed by atoms with Crippen molar-refractivity contribution in [1.82, 2.24) is 9.21 Å². The van der Waals surface area contributed by atoms with Gasteiger partial charge in [0.05, 0.1) is 11.6 Å². The molecule has 0 aromatic heterocycles. The number of rotatable bonds is 7. The monoisotopic (exact) mass is 430 g/mol. The third kappa shape index (κ3) is 5.35. The topological polar surface area (TPSA) is 66.9 Å². The van der Waals surface area contributed by atoms with Gasteiger partial charge in [-0.3, -0.25) is 4.79 Å². The molecule has 0 radical (unpaired) electrons. The van der Waals surface area contributed by atoms with Crippen molar-refractivity contribution in [1.29, 1.82) is 0 Å². The molecule has 6 nitrogen and oxygen atoms in total.